The highest BCUT2D eigenvalue weighted by molar-refractivity contribution is 6.22. The van der Waals surface area contributed by atoms with E-state index in [0.29, 0.717) is 0 Å². The molecule has 30 rings (SSSR count). The van der Waals surface area contributed by atoms with E-state index in [1.54, 1.807) is 0 Å². The van der Waals surface area contributed by atoms with E-state index in [1.165, 1.54) is 133 Å². The summed E-state index contributed by atoms with van der Waals surface area (Å²) >= 11 is 0. The van der Waals surface area contributed by atoms with E-state index in [1.807, 2.05) is 0 Å². The first kappa shape index (κ1) is 80.7. The molecule has 0 aliphatic heterocycles. The highest BCUT2D eigenvalue weighted by atomic mass is 16.3. The van der Waals surface area contributed by atoms with E-state index in [9.17, 15) is 0 Å². The SMILES string of the molecule is CC1(C)c2ccccc2-c2ccc(N(c3ccccc3)c3cccc(-c4ccc5c(c4)c4c6c(ccc4n5-c4ccc(-c5ccc7c(c5)C5(c8ccccc8-7)c7ccccc7-c7c5ccc5c7c7cc(-c8cc(N(c9ccccc9)c9ccccc9)cc(N(c9ccccc9)c9cccc%10c9oc9ccccc9%10)c8)ccc7n5-c5ccccc5)cc4)C4(c5ccccc5-c5ccccc54)c4ccccc4-6)c3)cc21. The number of nitrogens with zero attached hydrogens (tertiary/aromatic N) is 5. The summed E-state index contributed by atoms with van der Waals surface area (Å²) in [5, 5.41) is 6.96. The molecule has 5 aliphatic carbocycles. The molecule has 6 nitrogen and oxygen atoms in total. The highest BCUT2D eigenvalue weighted by Crippen LogP contribution is 2.68. The molecular weight excluding hydrogens is 1730 g/mol. The molecule has 0 amide bonds. The van der Waals surface area contributed by atoms with Gasteiger partial charge in [0.25, 0.3) is 0 Å². The number of fused-ring (bicyclic) bond motifs is 34. The van der Waals surface area contributed by atoms with Crippen LogP contribution in [-0.4, -0.2) is 9.13 Å². The van der Waals surface area contributed by atoms with Gasteiger partial charge in [-0.2, -0.15) is 0 Å². The Bertz CT molecular complexity index is 9560. The van der Waals surface area contributed by atoms with Gasteiger partial charge in [-0.05, 0) is 315 Å². The van der Waals surface area contributed by atoms with Gasteiger partial charge in [0, 0.05) is 94.6 Å². The molecule has 0 bridgehead atoms. The normalized spacial score (nSPS) is 14.2. The smallest absolute Gasteiger partial charge is 0.159 e. The van der Waals surface area contributed by atoms with E-state index in [4.69, 9.17) is 4.42 Å². The van der Waals surface area contributed by atoms with Crippen LogP contribution < -0.4 is 14.7 Å². The van der Waals surface area contributed by atoms with Crippen LogP contribution in [0.2, 0.25) is 0 Å². The van der Waals surface area contributed by atoms with Gasteiger partial charge in [-0.15, -0.1) is 0 Å². The molecule has 0 radical (unpaired) electrons. The predicted molar refractivity (Wildman–Crippen MR) is 593 cm³/mol. The lowest BCUT2D eigenvalue weighted by molar-refractivity contribution is 0.660. The summed E-state index contributed by atoms with van der Waals surface area (Å²) in [7, 11) is 0. The fourth-order valence-electron chi connectivity index (χ4n) is 26.1. The minimum absolute atomic E-state index is 0.170. The standard InChI is InChI=1S/C137H89N5O/c1-135(2)114-54-25-18-46-102(114)106-71-69-99(85-122(106)135)139(94-39-12-5-13-40-94)98-45-32-34-87(78-98)88-65-74-125-112(81-88)132-127(76-72-120-130(132)110-51-22-29-58-118(110)136(120)115-55-26-19-47-103(115)104-48-20-27-56-116(104)136)142(125)97-67-62-86(63-68-97)90-64-70-107-105-49-21-28-57-117(105)137(123(107)83-90)119-59-30-23-52-111(119)131-121(137)73-77-126-133(131)113-82-89(66-75-124(113)141(126)96-43-16-7-17-44-96)91-79-100(138(92-35-8-3-9-36-92)93-37-10-4-11-38-93)84-101(80-91)140(95-41-14-6-15-42-95)128-60-33-53-109-108-50-24-31-61-129(108)143-134(109)128/h3-85H,1-2H3. The monoisotopic (exact) mass is 1820 g/mol. The highest BCUT2D eigenvalue weighted by Gasteiger charge is 2.55. The Labute approximate surface area is 828 Å². The lowest BCUT2D eigenvalue weighted by atomic mass is 9.70. The molecule has 6 heteroatoms. The van der Waals surface area contributed by atoms with E-state index in [2.05, 4.69) is 541 Å². The van der Waals surface area contributed by atoms with Crippen molar-refractivity contribution in [1.82, 2.24) is 9.13 Å². The maximum Gasteiger partial charge on any atom is 0.159 e. The Balaban J connectivity index is 0.588. The zero-order chi connectivity index (χ0) is 94.1. The van der Waals surface area contributed by atoms with Crippen LogP contribution in [0, 0.1) is 0 Å². The molecule has 0 saturated carbocycles. The van der Waals surface area contributed by atoms with E-state index in [0.717, 1.165) is 140 Å². The van der Waals surface area contributed by atoms with Gasteiger partial charge in [0.15, 0.2) is 5.58 Å². The molecule has 22 aromatic carbocycles. The average molecular weight is 1820 g/mol. The maximum atomic E-state index is 6.99. The fraction of sp³-hybridized carbons (Fsp3) is 0.0365. The third-order valence-corrected chi connectivity index (χ3v) is 32.0. The van der Waals surface area contributed by atoms with Crippen LogP contribution in [0.4, 0.5) is 51.2 Å². The van der Waals surface area contributed by atoms with Crippen LogP contribution in [0.1, 0.15) is 69.5 Å². The summed E-state index contributed by atoms with van der Waals surface area (Å²) in [6.07, 6.45) is 0. The van der Waals surface area contributed by atoms with Crippen LogP contribution in [-0.2, 0) is 16.2 Å². The first-order valence-corrected chi connectivity index (χ1v) is 49.7. The van der Waals surface area contributed by atoms with Gasteiger partial charge in [-0.25, -0.2) is 0 Å². The van der Waals surface area contributed by atoms with E-state index in [-0.39, 0.29) is 5.41 Å². The summed E-state index contributed by atoms with van der Waals surface area (Å²) in [4.78, 5) is 7.22. The Morgan fingerprint density at radius 3 is 1.12 bits per heavy atom. The lowest BCUT2D eigenvalue weighted by Crippen LogP contribution is -2.25. The predicted octanol–water partition coefficient (Wildman–Crippen LogP) is 36.2. The van der Waals surface area contributed by atoms with Gasteiger partial charge < -0.3 is 28.3 Å². The second-order valence-corrected chi connectivity index (χ2v) is 39.6. The van der Waals surface area contributed by atoms with Gasteiger partial charge in [-0.1, -0.05) is 347 Å². The average Bonchev–Trinajstić information content (AvgIpc) is 1.50. The van der Waals surface area contributed by atoms with Crippen LogP contribution >= 0.6 is 0 Å². The van der Waals surface area contributed by atoms with Crippen molar-refractivity contribution < 1.29 is 4.42 Å². The molecule has 0 saturated heterocycles. The van der Waals surface area contributed by atoms with Crippen LogP contribution in [0.25, 0.3) is 166 Å². The molecular formula is C137H89N5O. The fourth-order valence-corrected chi connectivity index (χ4v) is 26.1. The van der Waals surface area contributed by atoms with E-state index >= 15 is 0 Å². The van der Waals surface area contributed by atoms with Crippen LogP contribution in [0.5, 0.6) is 0 Å². The second-order valence-electron chi connectivity index (χ2n) is 39.6. The Morgan fingerprint density at radius 1 is 0.196 bits per heavy atom. The molecule has 3 aromatic heterocycles. The summed E-state index contributed by atoms with van der Waals surface area (Å²) in [6.45, 7) is 4.75. The van der Waals surface area contributed by atoms with Crippen molar-refractivity contribution in [2.75, 3.05) is 14.7 Å². The largest absolute Gasteiger partial charge is 0.454 e. The molecule has 0 fully saturated rings. The molecule has 1 unspecified atom stereocenters. The Morgan fingerprint density at radius 2 is 0.559 bits per heavy atom. The lowest BCUT2D eigenvalue weighted by Gasteiger charge is -2.30. The number of furan rings is 1. The Hall–Kier alpha value is -18.4. The van der Waals surface area contributed by atoms with Crippen molar-refractivity contribution in [3.63, 3.8) is 0 Å². The van der Waals surface area contributed by atoms with Crippen molar-refractivity contribution in [3.8, 4) is 100 Å². The molecule has 1 atom stereocenters. The topological polar surface area (TPSA) is 32.7 Å². The van der Waals surface area contributed by atoms with Crippen molar-refractivity contribution in [2.45, 2.75) is 30.1 Å². The molecule has 3 heterocycles. The summed E-state index contributed by atoms with van der Waals surface area (Å²) in [5.41, 5.74) is 48.9. The number of hydrogen-bond donors (Lipinski definition) is 0. The molecule has 143 heavy (non-hydrogen) atoms. The zero-order valence-corrected chi connectivity index (χ0v) is 78.6. The number of benzene rings is 22. The third kappa shape index (κ3) is 11.5. The van der Waals surface area contributed by atoms with E-state index < -0.39 is 10.8 Å². The maximum absolute atomic E-state index is 6.99. The molecule has 668 valence electrons. The van der Waals surface area contributed by atoms with Gasteiger partial charge in [0.05, 0.1) is 38.6 Å². The number of aromatic nitrogens is 2. The first-order valence-electron chi connectivity index (χ1n) is 49.7. The summed E-state index contributed by atoms with van der Waals surface area (Å²) in [6, 6.07) is 189. The molecule has 5 aliphatic rings. The molecule has 0 N–H and O–H groups in total. The van der Waals surface area contributed by atoms with Gasteiger partial charge in [-0.3, -0.25) is 0 Å². The van der Waals surface area contributed by atoms with Crippen molar-refractivity contribution >= 4 is 117 Å². The number of anilines is 9. The minimum Gasteiger partial charge on any atom is -0.454 e. The van der Waals surface area contributed by atoms with Gasteiger partial charge >= 0.3 is 0 Å². The number of rotatable bonds is 14. The van der Waals surface area contributed by atoms with Crippen molar-refractivity contribution in [3.05, 3.63) is 559 Å². The summed E-state index contributed by atoms with van der Waals surface area (Å²) < 4.78 is 12.0. The summed E-state index contributed by atoms with van der Waals surface area (Å²) in [5.74, 6) is 0. The second kappa shape index (κ2) is 30.8. The quantitative estimate of drug-likeness (QED) is 0.109. The number of hydrogen-bond acceptors (Lipinski definition) is 4. The van der Waals surface area contributed by atoms with Crippen LogP contribution in [0.3, 0.4) is 0 Å². The molecule has 2 spiro atoms. The third-order valence-electron chi connectivity index (χ3n) is 32.0. The molecule has 25 aromatic rings. The van der Waals surface area contributed by atoms with Crippen molar-refractivity contribution in [1.29, 1.82) is 0 Å². The van der Waals surface area contributed by atoms with Crippen LogP contribution in [0.15, 0.2) is 508 Å². The Kier molecular flexibility index (Phi) is 17.4. The van der Waals surface area contributed by atoms with Gasteiger partial charge in [0.1, 0.15) is 5.58 Å². The minimum atomic E-state index is -0.705. The van der Waals surface area contributed by atoms with Crippen molar-refractivity contribution in [2.24, 2.45) is 0 Å². The van der Waals surface area contributed by atoms with Gasteiger partial charge in [0.2, 0.25) is 0 Å². The number of para-hydroxylation sites is 7. The first-order chi connectivity index (χ1) is 70.7. The zero-order valence-electron chi connectivity index (χ0n) is 78.6.